The molecule has 0 heterocycles. The third-order valence-corrected chi connectivity index (χ3v) is 4.12. The van der Waals surface area contributed by atoms with Crippen molar-refractivity contribution in [2.45, 2.75) is 6.61 Å². The smallest absolute Gasteiger partial charge is 0.257 e. The Hall–Kier alpha value is -3.38. The Balaban J connectivity index is 1.56. The van der Waals surface area contributed by atoms with Crippen LogP contribution in [0.2, 0.25) is 0 Å². The summed E-state index contributed by atoms with van der Waals surface area (Å²) < 4.78 is 10.9. The highest BCUT2D eigenvalue weighted by molar-refractivity contribution is 7.80. The van der Waals surface area contributed by atoms with Crippen molar-refractivity contribution in [2.75, 3.05) is 12.4 Å². The molecule has 0 atom stereocenters. The van der Waals surface area contributed by atoms with Gasteiger partial charge in [0.05, 0.1) is 7.11 Å². The van der Waals surface area contributed by atoms with Crippen LogP contribution in [0.1, 0.15) is 15.9 Å². The van der Waals surface area contributed by atoms with Crippen molar-refractivity contribution in [3.05, 3.63) is 90.0 Å². The third kappa shape index (κ3) is 5.56. The highest BCUT2D eigenvalue weighted by Crippen LogP contribution is 2.16. The van der Waals surface area contributed by atoms with Crippen LogP contribution in [0.25, 0.3) is 0 Å². The van der Waals surface area contributed by atoms with Crippen LogP contribution in [0.5, 0.6) is 11.5 Å². The van der Waals surface area contributed by atoms with Gasteiger partial charge in [0.2, 0.25) is 0 Å². The average Bonchev–Trinajstić information content (AvgIpc) is 2.73. The molecule has 0 saturated heterocycles. The summed E-state index contributed by atoms with van der Waals surface area (Å²) in [5.41, 5.74) is 2.28. The summed E-state index contributed by atoms with van der Waals surface area (Å²) in [6.07, 6.45) is 0. The molecular weight excluding hydrogens is 372 g/mol. The standard InChI is InChI=1S/C22H20N2O3S/c1-26-19-12-10-18(11-13-19)23-22(28)24-21(25)17-8-5-9-20(14-17)27-15-16-6-3-2-4-7-16/h2-14H,15H2,1H3,(H2,23,24,25,28). The van der Waals surface area contributed by atoms with Crippen LogP contribution in [-0.4, -0.2) is 18.1 Å². The largest absolute Gasteiger partial charge is 0.497 e. The van der Waals surface area contributed by atoms with Crippen LogP contribution in [0.15, 0.2) is 78.9 Å². The molecule has 2 N–H and O–H groups in total. The maximum Gasteiger partial charge on any atom is 0.257 e. The summed E-state index contributed by atoms with van der Waals surface area (Å²) in [6, 6.07) is 24.1. The van der Waals surface area contributed by atoms with Gasteiger partial charge < -0.3 is 14.8 Å². The third-order valence-electron chi connectivity index (χ3n) is 3.92. The number of thiocarbonyl (C=S) groups is 1. The normalized spacial score (nSPS) is 10.0. The van der Waals surface area contributed by atoms with E-state index in [4.69, 9.17) is 21.7 Å². The van der Waals surface area contributed by atoms with Gasteiger partial charge in [0, 0.05) is 11.3 Å². The summed E-state index contributed by atoms with van der Waals surface area (Å²) in [7, 11) is 1.60. The van der Waals surface area contributed by atoms with Gasteiger partial charge in [-0.15, -0.1) is 0 Å². The first-order valence-corrected chi connectivity index (χ1v) is 9.08. The molecular formula is C22H20N2O3S. The molecule has 0 spiro atoms. The van der Waals surface area contributed by atoms with Crippen LogP contribution < -0.4 is 20.1 Å². The maximum atomic E-state index is 12.5. The van der Waals surface area contributed by atoms with E-state index in [-0.39, 0.29) is 11.0 Å². The van der Waals surface area contributed by atoms with Crippen molar-refractivity contribution in [1.82, 2.24) is 5.32 Å². The molecule has 3 aromatic rings. The van der Waals surface area contributed by atoms with Crippen molar-refractivity contribution in [1.29, 1.82) is 0 Å². The quantitative estimate of drug-likeness (QED) is 0.609. The number of nitrogens with one attached hydrogen (secondary N) is 2. The molecule has 0 aliphatic heterocycles. The van der Waals surface area contributed by atoms with Crippen LogP contribution in [0, 0.1) is 0 Å². The number of carbonyl (C=O) groups excluding carboxylic acids is 1. The fraction of sp³-hybridized carbons (Fsp3) is 0.0909. The van der Waals surface area contributed by atoms with E-state index in [1.807, 2.05) is 48.5 Å². The molecule has 0 bridgehead atoms. The molecule has 3 rings (SSSR count). The number of hydrogen-bond acceptors (Lipinski definition) is 4. The molecule has 28 heavy (non-hydrogen) atoms. The second-order valence-corrected chi connectivity index (χ2v) is 6.35. The Morgan fingerprint density at radius 2 is 1.68 bits per heavy atom. The molecule has 0 unspecified atom stereocenters. The van der Waals surface area contributed by atoms with E-state index in [0.29, 0.717) is 17.9 Å². The minimum atomic E-state index is -0.309. The number of rotatable bonds is 6. The van der Waals surface area contributed by atoms with Crippen molar-refractivity contribution in [3.63, 3.8) is 0 Å². The number of benzene rings is 3. The molecule has 0 fully saturated rings. The van der Waals surface area contributed by atoms with Crippen molar-refractivity contribution < 1.29 is 14.3 Å². The predicted octanol–water partition coefficient (Wildman–Crippen LogP) is 4.40. The summed E-state index contributed by atoms with van der Waals surface area (Å²) in [5, 5.41) is 5.85. The van der Waals surface area contributed by atoms with Gasteiger partial charge in [-0.2, -0.15) is 0 Å². The van der Waals surface area contributed by atoms with E-state index in [9.17, 15) is 4.79 Å². The van der Waals surface area contributed by atoms with Crippen molar-refractivity contribution in [3.8, 4) is 11.5 Å². The van der Waals surface area contributed by atoms with Gasteiger partial charge in [-0.3, -0.25) is 10.1 Å². The van der Waals surface area contributed by atoms with E-state index >= 15 is 0 Å². The number of carbonyl (C=O) groups is 1. The van der Waals surface area contributed by atoms with Crippen LogP contribution in [0.4, 0.5) is 5.69 Å². The zero-order chi connectivity index (χ0) is 19.8. The number of anilines is 1. The van der Waals surface area contributed by atoms with Gasteiger partial charge in [0.25, 0.3) is 5.91 Å². The molecule has 142 valence electrons. The summed E-state index contributed by atoms with van der Waals surface area (Å²) >= 11 is 5.22. The Morgan fingerprint density at radius 1 is 0.929 bits per heavy atom. The van der Waals surface area contributed by atoms with Crippen molar-refractivity contribution >= 4 is 28.9 Å². The van der Waals surface area contributed by atoms with Gasteiger partial charge in [-0.25, -0.2) is 0 Å². The summed E-state index contributed by atoms with van der Waals surface area (Å²) in [4.78, 5) is 12.5. The van der Waals surface area contributed by atoms with Crippen LogP contribution in [-0.2, 0) is 6.61 Å². The fourth-order valence-electron chi connectivity index (χ4n) is 2.48. The second-order valence-electron chi connectivity index (χ2n) is 5.94. The molecule has 5 nitrogen and oxygen atoms in total. The lowest BCUT2D eigenvalue weighted by Crippen LogP contribution is -2.34. The van der Waals surface area contributed by atoms with E-state index in [2.05, 4.69) is 10.6 Å². The van der Waals surface area contributed by atoms with Gasteiger partial charge >= 0.3 is 0 Å². The lowest BCUT2D eigenvalue weighted by Gasteiger charge is -2.11. The predicted molar refractivity (Wildman–Crippen MR) is 114 cm³/mol. The molecule has 0 aliphatic carbocycles. The van der Waals surface area contributed by atoms with E-state index in [1.54, 1.807) is 37.4 Å². The van der Waals surface area contributed by atoms with Crippen LogP contribution >= 0.6 is 12.2 Å². The summed E-state index contributed by atoms with van der Waals surface area (Å²) in [6.45, 7) is 0.434. The number of hydrogen-bond donors (Lipinski definition) is 2. The van der Waals surface area contributed by atoms with E-state index in [0.717, 1.165) is 17.0 Å². The number of methoxy groups -OCH3 is 1. The second kappa shape index (κ2) is 9.53. The number of ether oxygens (including phenoxy) is 2. The molecule has 0 saturated carbocycles. The molecule has 6 heteroatoms. The zero-order valence-corrected chi connectivity index (χ0v) is 16.2. The van der Waals surface area contributed by atoms with Crippen LogP contribution in [0.3, 0.4) is 0 Å². The minimum Gasteiger partial charge on any atom is -0.497 e. The molecule has 0 aromatic heterocycles. The SMILES string of the molecule is COc1ccc(NC(=S)NC(=O)c2cccc(OCc3ccccc3)c2)cc1. The average molecular weight is 392 g/mol. The lowest BCUT2D eigenvalue weighted by molar-refractivity contribution is 0.0977. The van der Waals surface area contributed by atoms with E-state index < -0.39 is 0 Å². The Labute approximate surface area is 169 Å². The Morgan fingerprint density at radius 3 is 2.39 bits per heavy atom. The molecule has 3 aromatic carbocycles. The maximum absolute atomic E-state index is 12.5. The van der Waals surface area contributed by atoms with Gasteiger partial charge in [0.1, 0.15) is 18.1 Å². The lowest BCUT2D eigenvalue weighted by atomic mass is 10.2. The highest BCUT2D eigenvalue weighted by atomic mass is 32.1. The topological polar surface area (TPSA) is 59.6 Å². The minimum absolute atomic E-state index is 0.214. The first kappa shape index (κ1) is 19.4. The first-order chi connectivity index (χ1) is 13.6. The zero-order valence-electron chi connectivity index (χ0n) is 15.3. The summed E-state index contributed by atoms with van der Waals surface area (Å²) in [5.74, 6) is 1.05. The monoisotopic (exact) mass is 392 g/mol. The molecule has 0 radical (unpaired) electrons. The van der Waals surface area contributed by atoms with Gasteiger partial charge in [-0.1, -0.05) is 36.4 Å². The van der Waals surface area contributed by atoms with E-state index in [1.165, 1.54) is 0 Å². The van der Waals surface area contributed by atoms with Gasteiger partial charge in [0.15, 0.2) is 5.11 Å². The fourth-order valence-corrected chi connectivity index (χ4v) is 2.69. The highest BCUT2D eigenvalue weighted by Gasteiger charge is 2.09. The Kier molecular flexibility index (Phi) is 6.59. The van der Waals surface area contributed by atoms with Crippen molar-refractivity contribution in [2.24, 2.45) is 0 Å². The molecule has 1 amide bonds. The molecule has 0 aliphatic rings. The Bertz CT molecular complexity index is 944. The first-order valence-electron chi connectivity index (χ1n) is 8.67. The number of amides is 1. The van der Waals surface area contributed by atoms with Gasteiger partial charge in [-0.05, 0) is 60.2 Å².